The van der Waals surface area contributed by atoms with Crippen LogP contribution in [0.5, 0.6) is 0 Å². The second kappa shape index (κ2) is 9.64. The van der Waals surface area contributed by atoms with E-state index in [2.05, 4.69) is 26.0 Å². The number of hydrogen-bond acceptors (Lipinski definition) is 6. The Morgan fingerprint density at radius 2 is 1.88 bits per heavy atom. The molecule has 0 aliphatic carbocycles. The lowest BCUT2D eigenvalue weighted by atomic mass is 9.89. The number of benzene rings is 1. The smallest absolute Gasteiger partial charge is 0.277 e. The molecule has 0 amide bonds. The van der Waals surface area contributed by atoms with Crippen LogP contribution in [-0.2, 0) is 19.5 Å². The first-order valence-electron chi connectivity index (χ1n) is 8.56. The third kappa shape index (κ3) is 4.70. The Hall–Kier alpha value is -1.60. The van der Waals surface area contributed by atoms with Crippen LogP contribution in [0, 0.1) is 5.92 Å². The van der Waals surface area contributed by atoms with E-state index in [0.29, 0.717) is 11.8 Å². The van der Waals surface area contributed by atoms with Crippen molar-refractivity contribution in [3.05, 3.63) is 41.8 Å². The molecule has 1 atom stereocenters. The third-order valence-electron chi connectivity index (χ3n) is 4.20. The zero-order valence-corrected chi connectivity index (χ0v) is 15.0. The first-order chi connectivity index (χ1) is 11.7. The Kier molecular flexibility index (Phi) is 7.52. The first-order valence-corrected chi connectivity index (χ1v) is 8.56. The van der Waals surface area contributed by atoms with Crippen molar-refractivity contribution in [2.75, 3.05) is 14.2 Å². The van der Waals surface area contributed by atoms with E-state index in [-0.39, 0.29) is 0 Å². The summed E-state index contributed by atoms with van der Waals surface area (Å²) in [4.78, 5) is 21.2. The lowest BCUT2D eigenvalue weighted by Crippen LogP contribution is -2.20. The van der Waals surface area contributed by atoms with E-state index < -0.39 is 0 Å². The van der Waals surface area contributed by atoms with Crippen molar-refractivity contribution >= 4 is 5.57 Å². The summed E-state index contributed by atoms with van der Waals surface area (Å²) in [6.07, 6.45) is 5.63. The van der Waals surface area contributed by atoms with Gasteiger partial charge in [-0.05, 0) is 17.9 Å². The molecular weight excluding hydrogens is 308 g/mol. The van der Waals surface area contributed by atoms with Crippen LogP contribution < -0.4 is 0 Å². The van der Waals surface area contributed by atoms with Crippen LogP contribution in [0.25, 0.3) is 5.57 Å². The molecule has 0 saturated carbocycles. The number of nitrogens with zero attached hydrogens (tertiary/aromatic N) is 2. The Morgan fingerprint density at radius 1 is 1.12 bits per heavy atom. The molecule has 1 heterocycles. The Balaban J connectivity index is 2.34. The van der Waals surface area contributed by atoms with Crippen molar-refractivity contribution in [2.24, 2.45) is 5.92 Å². The van der Waals surface area contributed by atoms with Gasteiger partial charge >= 0.3 is 0 Å². The maximum atomic E-state index is 5.65. The quantitative estimate of drug-likeness (QED) is 0.662. The standard InChI is InChI=1S/C18H28N2O4/c1-5-7-11-15(6-2)14-17(16-12-9-8-10-13-16)18-19(21-3)24-20(22-4)23-18/h8-10,12-13,15H,5-7,11,14H2,1-4H3. The van der Waals surface area contributed by atoms with Crippen molar-refractivity contribution in [2.45, 2.75) is 46.0 Å². The van der Waals surface area contributed by atoms with Gasteiger partial charge in [0.1, 0.15) is 0 Å². The summed E-state index contributed by atoms with van der Waals surface area (Å²) < 4.78 is 0. The van der Waals surface area contributed by atoms with E-state index in [1.54, 1.807) is 0 Å². The van der Waals surface area contributed by atoms with E-state index in [4.69, 9.17) is 19.5 Å². The highest BCUT2D eigenvalue weighted by molar-refractivity contribution is 5.67. The van der Waals surface area contributed by atoms with Crippen LogP contribution in [-0.4, -0.2) is 24.8 Å². The first kappa shape index (κ1) is 18.7. The second-order valence-corrected chi connectivity index (χ2v) is 5.79. The van der Waals surface area contributed by atoms with Crippen molar-refractivity contribution in [1.29, 1.82) is 0 Å². The van der Waals surface area contributed by atoms with Crippen LogP contribution in [0.3, 0.4) is 0 Å². The average molecular weight is 336 g/mol. The van der Waals surface area contributed by atoms with Crippen molar-refractivity contribution < 1.29 is 19.5 Å². The van der Waals surface area contributed by atoms with E-state index in [1.807, 2.05) is 18.2 Å². The molecule has 0 aromatic heterocycles. The van der Waals surface area contributed by atoms with Crippen LogP contribution >= 0.6 is 0 Å². The normalized spacial score (nSPS) is 18.6. The molecule has 1 aliphatic rings. The molecule has 2 rings (SSSR count). The summed E-state index contributed by atoms with van der Waals surface area (Å²) >= 11 is 0. The van der Waals surface area contributed by atoms with Crippen molar-refractivity contribution in [1.82, 2.24) is 10.6 Å². The highest BCUT2D eigenvalue weighted by Gasteiger charge is 2.33. The van der Waals surface area contributed by atoms with Gasteiger partial charge in [0.15, 0.2) is 5.39 Å². The summed E-state index contributed by atoms with van der Waals surface area (Å²) in [5.41, 5.74) is 2.13. The Bertz CT molecular complexity index is 521. The molecule has 1 aromatic rings. The number of hydroxylamine groups is 2. The number of rotatable bonds is 9. The molecule has 1 saturated heterocycles. The molecule has 24 heavy (non-hydrogen) atoms. The monoisotopic (exact) mass is 336 g/mol. The van der Waals surface area contributed by atoms with Crippen LogP contribution in [0.15, 0.2) is 36.2 Å². The molecule has 0 spiro atoms. The molecular formula is C18H28N2O4. The second-order valence-electron chi connectivity index (χ2n) is 5.79. The van der Waals surface area contributed by atoms with Crippen LogP contribution in [0.4, 0.5) is 0 Å². The van der Waals surface area contributed by atoms with Gasteiger partial charge in [-0.3, -0.25) is 0 Å². The minimum absolute atomic E-state index is 0.500. The molecule has 0 N–H and O–H groups in total. The fourth-order valence-corrected chi connectivity index (χ4v) is 2.77. The highest BCUT2D eigenvalue weighted by atomic mass is 17.3. The van der Waals surface area contributed by atoms with Gasteiger partial charge in [-0.1, -0.05) is 80.0 Å². The highest BCUT2D eigenvalue weighted by Crippen LogP contribution is 2.35. The fraction of sp³-hybridized carbons (Fsp3) is 0.556. The average Bonchev–Trinajstić information content (AvgIpc) is 3.06. The van der Waals surface area contributed by atoms with E-state index in [9.17, 15) is 0 Å². The third-order valence-corrected chi connectivity index (χ3v) is 4.20. The Morgan fingerprint density at radius 3 is 2.46 bits per heavy atom. The van der Waals surface area contributed by atoms with Gasteiger partial charge in [0, 0.05) is 5.57 Å². The SMILES string of the molecule is CCCCC(CC)CC(=C1ON(OC)ON1OC)c1ccccc1. The molecule has 1 unspecified atom stereocenters. The molecule has 1 fully saturated rings. The summed E-state index contributed by atoms with van der Waals surface area (Å²) in [5.74, 6) is 1.08. The van der Waals surface area contributed by atoms with E-state index in [0.717, 1.165) is 29.4 Å². The minimum atomic E-state index is 0.500. The summed E-state index contributed by atoms with van der Waals surface area (Å²) in [6.45, 7) is 4.45. The maximum absolute atomic E-state index is 5.65. The molecule has 1 aromatic carbocycles. The van der Waals surface area contributed by atoms with Crippen LogP contribution in [0.2, 0.25) is 0 Å². The summed E-state index contributed by atoms with van der Waals surface area (Å²) in [6, 6.07) is 10.2. The maximum Gasteiger partial charge on any atom is 0.277 e. The number of unbranched alkanes of at least 4 members (excludes halogenated alkanes) is 1. The van der Waals surface area contributed by atoms with Gasteiger partial charge in [0.05, 0.1) is 14.2 Å². The Labute approximate surface area is 144 Å². The molecule has 1 aliphatic heterocycles. The molecule has 6 nitrogen and oxygen atoms in total. The minimum Gasteiger partial charge on any atom is -0.332 e. The number of hydrogen-bond donors (Lipinski definition) is 0. The zero-order chi connectivity index (χ0) is 17.4. The van der Waals surface area contributed by atoms with Gasteiger partial charge in [-0.15, -0.1) is 0 Å². The van der Waals surface area contributed by atoms with Crippen LogP contribution in [0.1, 0.15) is 51.5 Å². The molecule has 134 valence electrons. The van der Waals surface area contributed by atoms with Gasteiger partial charge in [-0.2, -0.15) is 0 Å². The molecule has 0 bridgehead atoms. The predicted octanol–water partition coefficient (Wildman–Crippen LogP) is 4.48. The van der Waals surface area contributed by atoms with Crippen molar-refractivity contribution in [3.8, 4) is 0 Å². The lowest BCUT2D eigenvalue weighted by Gasteiger charge is -2.19. The van der Waals surface area contributed by atoms with Gasteiger partial charge in [-0.25, -0.2) is 9.68 Å². The van der Waals surface area contributed by atoms with Gasteiger partial charge in [0.2, 0.25) is 0 Å². The molecule has 0 radical (unpaired) electrons. The van der Waals surface area contributed by atoms with E-state index in [1.165, 1.54) is 38.7 Å². The fourth-order valence-electron chi connectivity index (χ4n) is 2.77. The topological polar surface area (TPSA) is 43.4 Å². The zero-order valence-electron chi connectivity index (χ0n) is 15.0. The largest absolute Gasteiger partial charge is 0.332 e. The number of allylic oxidation sites excluding steroid dienone is 1. The van der Waals surface area contributed by atoms with Crippen molar-refractivity contribution in [3.63, 3.8) is 0 Å². The van der Waals surface area contributed by atoms with Gasteiger partial charge in [0.25, 0.3) is 5.88 Å². The lowest BCUT2D eigenvalue weighted by molar-refractivity contribution is -0.535. The van der Waals surface area contributed by atoms with Gasteiger partial charge < -0.3 is 4.84 Å². The van der Waals surface area contributed by atoms with E-state index >= 15 is 0 Å². The summed E-state index contributed by atoms with van der Waals surface area (Å²) in [5, 5.41) is 2.16. The summed E-state index contributed by atoms with van der Waals surface area (Å²) in [7, 11) is 2.99. The molecule has 6 heteroatoms. The predicted molar refractivity (Wildman–Crippen MR) is 91.2 cm³/mol.